The molecule has 134 valence electrons. The third-order valence-electron chi connectivity index (χ3n) is 5.10. The predicted molar refractivity (Wildman–Crippen MR) is 103 cm³/mol. The van der Waals surface area contributed by atoms with Crippen molar-refractivity contribution in [3.63, 3.8) is 0 Å². The number of hydrogen-bond donors (Lipinski definition) is 0. The number of aryl methyl sites for hydroxylation is 2. The van der Waals surface area contributed by atoms with E-state index in [0.29, 0.717) is 0 Å². The maximum Gasteiger partial charge on any atom is 0.153 e. The van der Waals surface area contributed by atoms with Crippen LogP contribution >= 0.6 is 0 Å². The van der Waals surface area contributed by atoms with Crippen LogP contribution in [0.25, 0.3) is 27.8 Å². The zero-order valence-electron chi connectivity index (χ0n) is 15.4. The van der Waals surface area contributed by atoms with Crippen molar-refractivity contribution in [2.45, 2.75) is 12.8 Å². The number of nitrogens with zero attached hydrogens (tertiary/aromatic N) is 7. The van der Waals surface area contributed by atoms with E-state index in [-0.39, 0.29) is 5.92 Å². The fraction of sp³-hybridized carbons (Fsp3) is 0.200. The molecular formula is C20H19N7. The summed E-state index contributed by atoms with van der Waals surface area (Å²) in [6.45, 7) is 2.18. The standard InChI is InChI=1S/C20H19N7/c1-13(14-4-6-18-15(8-14)9-23-26(18)3)19-11-21-20-7-5-17(24-27(19)20)16-10-22-25(2)12-16/h4-13H,1-3H3. The summed E-state index contributed by atoms with van der Waals surface area (Å²) in [4.78, 5) is 4.53. The smallest absolute Gasteiger partial charge is 0.153 e. The van der Waals surface area contributed by atoms with Crippen molar-refractivity contribution in [2.75, 3.05) is 0 Å². The minimum Gasteiger partial charge on any atom is -0.275 e. The molecular weight excluding hydrogens is 338 g/mol. The summed E-state index contributed by atoms with van der Waals surface area (Å²) in [6, 6.07) is 10.4. The van der Waals surface area contributed by atoms with Crippen molar-refractivity contribution < 1.29 is 0 Å². The summed E-state index contributed by atoms with van der Waals surface area (Å²) < 4.78 is 5.60. The molecule has 0 aliphatic heterocycles. The molecule has 0 amide bonds. The first-order valence-electron chi connectivity index (χ1n) is 8.85. The summed E-state index contributed by atoms with van der Waals surface area (Å²) in [7, 11) is 3.86. The minimum absolute atomic E-state index is 0.154. The molecule has 7 heteroatoms. The van der Waals surface area contributed by atoms with Gasteiger partial charge in [-0.15, -0.1) is 0 Å². The predicted octanol–water partition coefficient (Wildman–Crippen LogP) is 3.17. The largest absolute Gasteiger partial charge is 0.275 e. The number of imidazole rings is 1. The Morgan fingerprint density at radius 3 is 2.67 bits per heavy atom. The van der Waals surface area contributed by atoms with Crippen LogP contribution in [0, 0.1) is 0 Å². The molecule has 0 aliphatic rings. The van der Waals surface area contributed by atoms with E-state index in [1.165, 1.54) is 5.56 Å². The van der Waals surface area contributed by atoms with Crippen LogP contribution in [0.15, 0.2) is 55.1 Å². The molecule has 1 unspecified atom stereocenters. The van der Waals surface area contributed by atoms with Crippen molar-refractivity contribution in [2.24, 2.45) is 14.1 Å². The Morgan fingerprint density at radius 2 is 1.85 bits per heavy atom. The van der Waals surface area contributed by atoms with Crippen molar-refractivity contribution >= 4 is 16.6 Å². The van der Waals surface area contributed by atoms with E-state index < -0.39 is 0 Å². The van der Waals surface area contributed by atoms with Gasteiger partial charge in [-0.25, -0.2) is 9.50 Å². The Morgan fingerprint density at radius 1 is 0.963 bits per heavy atom. The van der Waals surface area contributed by atoms with Crippen LogP contribution in [-0.2, 0) is 14.1 Å². The fourth-order valence-corrected chi connectivity index (χ4v) is 3.52. The van der Waals surface area contributed by atoms with Gasteiger partial charge in [-0.05, 0) is 29.8 Å². The van der Waals surface area contributed by atoms with E-state index in [1.807, 2.05) is 60.2 Å². The molecule has 1 aromatic carbocycles. The first-order chi connectivity index (χ1) is 13.1. The van der Waals surface area contributed by atoms with E-state index in [2.05, 4.69) is 40.3 Å². The molecule has 7 nitrogen and oxygen atoms in total. The van der Waals surface area contributed by atoms with Gasteiger partial charge in [0.25, 0.3) is 0 Å². The van der Waals surface area contributed by atoms with Gasteiger partial charge < -0.3 is 0 Å². The van der Waals surface area contributed by atoms with Gasteiger partial charge in [0.05, 0.1) is 35.5 Å². The third kappa shape index (κ3) is 2.51. The first kappa shape index (κ1) is 15.7. The molecule has 27 heavy (non-hydrogen) atoms. The van der Waals surface area contributed by atoms with Gasteiger partial charge in [0.1, 0.15) is 0 Å². The highest BCUT2D eigenvalue weighted by atomic mass is 15.3. The van der Waals surface area contributed by atoms with Crippen molar-refractivity contribution in [3.05, 3.63) is 66.4 Å². The van der Waals surface area contributed by atoms with Crippen LogP contribution < -0.4 is 0 Å². The highest BCUT2D eigenvalue weighted by Crippen LogP contribution is 2.28. The van der Waals surface area contributed by atoms with Crippen molar-refractivity contribution in [3.8, 4) is 11.3 Å². The molecule has 0 radical (unpaired) electrons. The number of fused-ring (bicyclic) bond motifs is 2. The summed E-state index contributed by atoms with van der Waals surface area (Å²) in [5.74, 6) is 0.154. The monoisotopic (exact) mass is 357 g/mol. The van der Waals surface area contributed by atoms with E-state index in [1.54, 1.807) is 4.68 Å². The topological polar surface area (TPSA) is 65.8 Å². The Hall–Kier alpha value is -3.48. The van der Waals surface area contributed by atoms with Crippen LogP contribution in [0.5, 0.6) is 0 Å². The lowest BCUT2D eigenvalue weighted by Gasteiger charge is -2.12. The molecule has 0 N–H and O–H groups in total. The van der Waals surface area contributed by atoms with Gasteiger partial charge in [-0.3, -0.25) is 9.36 Å². The van der Waals surface area contributed by atoms with Crippen molar-refractivity contribution in [1.29, 1.82) is 0 Å². The first-order valence-corrected chi connectivity index (χ1v) is 8.85. The Kier molecular flexibility index (Phi) is 3.36. The maximum absolute atomic E-state index is 4.82. The molecule has 0 fully saturated rings. The van der Waals surface area contributed by atoms with E-state index in [9.17, 15) is 0 Å². The second kappa shape index (κ2) is 5.77. The normalized spacial score (nSPS) is 12.9. The maximum atomic E-state index is 4.82. The quantitative estimate of drug-likeness (QED) is 0.497. The lowest BCUT2D eigenvalue weighted by atomic mass is 9.97. The average molecular weight is 357 g/mol. The highest BCUT2D eigenvalue weighted by Gasteiger charge is 2.16. The zero-order valence-corrected chi connectivity index (χ0v) is 15.4. The van der Waals surface area contributed by atoms with E-state index >= 15 is 0 Å². The summed E-state index contributed by atoms with van der Waals surface area (Å²) in [6.07, 6.45) is 7.60. The Bertz CT molecular complexity index is 1270. The van der Waals surface area contributed by atoms with E-state index in [4.69, 9.17) is 5.10 Å². The number of rotatable bonds is 3. The molecule has 0 saturated carbocycles. The average Bonchev–Trinajstić information content (AvgIpc) is 3.39. The molecule has 5 aromatic rings. The van der Waals surface area contributed by atoms with Crippen LogP contribution in [0.3, 0.4) is 0 Å². The van der Waals surface area contributed by atoms with Gasteiger partial charge in [0.15, 0.2) is 5.65 Å². The Labute approximate surface area is 155 Å². The second-order valence-corrected chi connectivity index (χ2v) is 6.88. The summed E-state index contributed by atoms with van der Waals surface area (Å²) in [5, 5.41) is 14.5. The number of hydrogen-bond acceptors (Lipinski definition) is 4. The molecule has 4 heterocycles. The Balaban J connectivity index is 1.60. The van der Waals surface area contributed by atoms with Crippen LogP contribution in [-0.4, -0.2) is 34.2 Å². The zero-order chi connectivity index (χ0) is 18.5. The minimum atomic E-state index is 0.154. The molecule has 0 saturated heterocycles. The summed E-state index contributed by atoms with van der Waals surface area (Å²) >= 11 is 0. The van der Waals surface area contributed by atoms with Gasteiger partial charge >= 0.3 is 0 Å². The molecule has 0 aliphatic carbocycles. The SMILES string of the molecule is CC(c1ccc2c(cnn2C)c1)c1cnc2ccc(-c3cnn(C)c3)nn12. The highest BCUT2D eigenvalue weighted by molar-refractivity contribution is 5.79. The van der Waals surface area contributed by atoms with Crippen LogP contribution in [0.2, 0.25) is 0 Å². The number of benzene rings is 1. The van der Waals surface area contributed by atoms with Gasteiger partial charge in [0.2, 0.25) is 0 Å². The molecule has 1 atom stereocenters. The van der Waals surface area contributed by atoms with Crippen LogP contribution in [0.1, 0.15) is 24.1 Å². The van der Waals surface area contributed by atoms with Gasteiger partial charge in [-0.1, -0.05) is 13.0 Å². The second-order valence-electron chi connectivity index (χ2n) is 6.88. The van der Waals surface area contributed by atoms with Gasteiger partial charge in [-0.2, -0.15) is 15.3 Å². The van der Waals surface area contributed by atoms with Crippen LogP contribution in [0.4, 0.5) is 0 Å². The third-order valence-corrected chi connectivity index (χ3v) is 5.10. The summed E-state index contributed by atoms with van der Waals surface area (Å²) in [5.41, 5.74) is 6.10. The lowest BCUT2D eigenvalue weighted by molar-refractivity contribution is 0.767. The number of aromatic nitrogens is 7. The molecule has 4 aromatic heterocycles. The molecule has 0 spiro atoms. The molecule has 0 bridgehead atoms. The van der Waals surface area contributed by atoms with Crippen molar-refractivity contribution in [1.82, 2.24) is 34.2 Å². The molecule has 5 rings (SSSR count). The van der Waals surface area contributed by atoms with Gasteiger partial charge in [0, 0.05) is 37.2 Å². The fourth-order valence-electron chi connectivity index (χ4n) is 3.52. The van der Waals surface area contributed by atoms with E-state index in [0.717, 1.165) is 33.5 Å². The lowest BCUT2D eigenvalue weighted by Crippen LogP contribution is -2.04.